The highest BCUT2D eigenvalue weighted by Gasteiger charge is 2.72. The van der Waals surface area contributed by atoms with E-state index in [4.69, 9.17) is 9.47 Å². The molecule has 1 saturated heterocycles. The number of Topliss-reactive ketones (excluding diaryl/α,β-unsaturated/α-hetero) is 1. The van der Waals surface area contributed by atoms with Gasteiger partial charge >= 0.3 is 5.97 Å². The molecule has 1 heterocycles. The van der Waals surface area contributed by atoms with E-state index in [-0.39, 0.29) is 33.3 Å². The molecule has 26 heavy (non-hydrogen) atoms. The van der Waals surface area contributed by atoms with Crippen molar-refractivity contribution >= 4 is 27.7 Å². The number of rotatable bonds is 1. The van der Waals surface area contributed by atoms with Crippen LogP contribution in [0.15, 0.2) is 0 Å². The lowest BCUT2D eigenvalue weighted by molar-refractivity contribution is -0.154. The number of carbonyl (C=O) groups excluding carboxylic acids is 2. The van der Waals surface area contributed by atoms with Gasteiger partial charge in [-0.3, -0.25) is 9.59 Å². The van der Waals surface area contributed by atoms with Crippen molar-refractivity contribution in [1.29, 1.82) is 0 Å². The molecule has 5 rings (SSSR count). The van der Waals surface area contributed by atoms with E-state index in [2.05, 4.69) is 22.9 Å². The van der Waals surface area contributed by atoms with E-state index in [1.165, 1.54) is 6.92 Å². The van der Waals surface area contributed by atoms with Crippen LogP contribution in [0.4, 0.5) is 0 Å². The smallest absolute Gasteiger partial charge is 0.302 e. The Labute approximate surface area is 163 Å². The summed E-state index contributed by atoms with van der Waals surface area (Å²) in [5, 5.41) is 0. The number of carbonyl (C=O) groups is 2. The van der Waals surface area contributed by atoms with Gasteiger partial charge in [0, 0.05) is 30.6 Å². The zero-order chi connectivity index (χ0) is 18.3. The highest BCUT2D eigenvalue weighted by molar-refractivity contribution is 9.10. The maximum absolute atomic E-state index is 12.6. The number of hydrogen-bond acceptors (Lipinski definition) is 4. The Morgan fingerprint density at radius 3 is 2.81 bits per heavy atom. The average Bonchev–Trinajstić information content (AvgIpc) is 2.95. The van der Waals surface area contributed by atoms with Crippen LogP contribution in [0.2, 0.25) is 0 Å². The molecule has 1 aliphatic heterocycles. The van der Waals surface area contributed by atoms with Crippen molar-refractivity contribution in [2.24, 2.45) is 28.6 Å². The third-order valence-corrected chi connectivity index (χ3v) is 10.6. The highest BCUT2D eigenvalue weighted by Crippen LogP contribution is 2.71. The number of fused-ring (bicyclic) bond motifs is 3. The standard InChI is InChI=1S/C21H29BrO4/c1-12(23)26-13-5-8-20-11-25-18(21(20,22)10-13)9-14-15-3-4-17(24)19(15,2)7-6-16(14)20/h13-16,18H,3-11H2,1-2H3/t13?,14-,15-,16-,18?,19-,20-,21-/m0/s1. The maximum Gasteiger partial charge on any atom is 0.302 e. The second-order valence-corrected chi connectivity index (χ2v) is 11.2. The van der Waals surface area contributed by atoms with Crippen LogP contribution in [0.3, 0.4) is 0 Å². The molecule has 4 saturated carbocycles. The molecule has 2 bridgehead atoms. The van der Waals surface area contributed by atoms with Gasteiger partial charge in [-0.05, 0) is 56.3 Å². The first-order valence-electron chi connectivity index (χ1n) is 10.3. The first-order valence-corrected chi connectivity index (χ1v) is 11.1. The molecule has 5 heteroatoms. The quantitative estimate of drug-likeness (QED) is 0.470. The molecule has 0 aromatic heterocycles. The van der Waals surface area contributed by atoms with Crippen molar-refractivity contribution in [1.82, 2.24) is 0 Å². The van der Waals surface area contributed by atoms with Gasteiger partial charge in [-0.15, -0.1) is 0 Å². The van der Waals surface area contributed by atoms with Crippen LogP contribution in [-0.2, 0) is 19.1 Å². The molecule has 5 aliphatic rings. The third-order valence-electron chi connectivity index (χ3n) is 8.99. The van der Waals surface area contributed by atoms with Crippen molar-refractivity contribution in [2.75, 3.05) is 6.61 Å². The van der Waals surface area contributed by atoms with Gasteiger partial charge in [0.2, 0.25) is 0 Å². The summed E-state index contributed by atoms with van der Waals surface area (Å²) in [7, 11) is 0. The van der Waals surface area contributed by atoms with Gasteiger partial charge < -0.3 is 9.47 Å². The van der Waals surface area contributed by atoms with Gasteiger partial charge in [0.05, 0.1) is 17.0 Å². The van der Waals surface area contributed by atoms with Crippen molar-refractivity contribution in [3.05, 3.63) is 0 Å². The summed E-state index contributed by atoms with van der Waals surface area (Å²) in [6.45, 7) is 4.57. The van der Waals surface area contributed by atoms with Crippen molar-refractivity contribution in [2.45, 2.75) is 81.7 Å². The summed E-state index contributed by atoms with van der Waals surface area (Å²) in [6, 6.07) is 0. The zero-order valence-corrected chi connectivity index (χ0v) is 17.3. The number of alkyl halides is 1. The molecule has 5 fully saturated rings. The number of esters is 1. The Hall–Kier alpha value is -0.420. The fourth-order valence-corrected chi connectivity index (χ4v) is 9.09. The molecular formula is C21H29BrO4. The molecule has 0 radical (unpaired) electrons. The Balaban J connectivity index is 1.48. The van der Waals surface area contributed by atoms with E-state index in [1.54, 1.807) is 0 Å². The van der Waals surface area contributed by atoms with Crippen LogP contribution >= 0.6 is 15.9 Å². The summed E-state index contributed by atoms with van der Waals surface area (Å²) in [5.41, 5.74) is 0.0582. The minimum atomic E-state index is -0.179. The maximum atomic E-state index is 12.6. The van der Waals surface area contributed by atoms with E-state index < -0.39 is 0 Å². The lowest BCUT2D eigenvalue weighted by atomic mass is 9.45. The van der Waals surface area contributed by atoms with E-state index in [1.807, 2.05) is 0 Å². The fourth-order valence-electron chi connectivity index (χ4n) is 7.80. The number of halogens is 1. The molecule has 4 nitrogen and oxygen atoms in total. The lowest BCUT2D eigenvalue weighted by Crippen LogP contribution is -2.63. The normalized spacial score (nSPS) is 55.0. The molecule has 0 aromatic rings. The minimum absolute atomic E-state index is 0.00247. The molecule has 8 atom stereocenters. The molecule has 2 unspecified atom stereocenters. The third kappa shape index (κ3) is 2.05. The monoisotopic (exact) mass is 424 g/mol. The first-order chi connectivity index (χ1) is 12.3. The Morgan fingerprint density at radius 1 is 1.23 bits per heavy atom. The Morgan fingerprint density at radius 2 is 2.04 bits per heavy atom. The van der Waals surface area contributed by atoms with Crippen molar-refractivity contribution < 1.29 is 19.1 Å². The van der Waals surface area contributed by atoms with Crippen LogP contribution in [0.25, 0.3) is 0 Å². The van der Waals surface area contributed by atoms with Crippen LogP contribution in [-0.4, -0.2) is 34.9 Å². The number of hydrogen-bond donors (Lipinski definition) is 0. The van der Waals surface area contributed by atoms with Crippen LogP contribution in [0.1, 0.15) is 65.2 Å². The van der Waals surface area contributed by atoms with Gasteiger partial charge in [-0.1, -0.05) is 22.9 Å². The van der Waals surface area contributed by atoms with Crippen LogP contribution in [0.5, 0.6) is 0 Å². The van der Waals surface area contributed by atoms with Gasteiger partial charge in [-0.25, -0.2) is 0 Å². The van der Waals surface area contributed by atoms with Crippen molar-refractivity contribution in [3.63, 3.8) is 0 Å². The second kappa shape index (κ2) is 5.56. The average molecular weight is 425 g/mol. The van der Waals surface area contributed by atoms with Gasteiger partial charge in [-0.2, -0.15) is 0 Å². The lowest BCUT2D eigenvalue weighted by Gasteiger charge is -2.62. The summed E-state index contributed by atoms with van der Waals surface area (Å²) in [5.74, 6) is 2.10. The van der Waals surface area contributed by atoms with Crippen molar-refractivity contribution in [3.8, 4) is 0 Å². The molecule has 0 spiro atoms. The van der Waals surface area contributed by atoms with E-state index in [0.29, 0.717) is 23.5 Å². The van der Waals surface area contributed by atoms with E-state index in [9.17, 15) is 9.59 Å². The SMILES string of the molecule is CC(=O)OC1CC[C@]23COC(C[C@@H]4[C@@H]2CC[C@]2(C)C(=O)CC[C@@H]42)[C@@]3(Br)C1. The first kappa shape index (κ1) is 17.7. The van der Waals surface area contributed by atoms with Gasteiger partial charge in [0.25, 0.3) is 0 Å². The molecule has 0 aromatic carbocycles. The Kier molecular flexibility index (Phi) is 3.78. The molecule has 144 valence electrons. The number of ketones is 1. The Bertz CT molecular complexity index is 664. The predicted molar refractivity (Wildman–Crippen MR) is 99.9 cm³/mol. The van der Waals surface area contributed by atoms with Gasteiger partial charge in [0.1, 0.15) is 11.9 Å². The summed E-state index contributed by atoms with van der Waals surface area (Å²) < 4.78 is 11.9. The summed E-state index contributed by atoms with van der Waals surface area (Å²) in [6.07, 6.45) is 8.13. The van der Waals surface area contributed by atoms with Crippen LogP contribution < -0.4 is 0 Å². The summed E-state index contributed by atoms with van der Waals surface area (Å²) >= 11 is 4.16. The number of ether oxygens (including phenoxy) is 2. The molecule has 0 amide bonds. The van der Waals surface area contributed by atoms with Gasteiger partial charge in [0.15, 0.2) is 0 Å². The largest absolute Gasteiger partial charge is 0.463 e. The molecular weight excluding hydrogens is 396 g/mol. The highest BCUT2D eigenvalue weighted by atomic mass is 79.9. The van der Waals surface area contributed by atoms with Crippen LogP contribution in [0, 0.1) is 28.6 Å². The second-order valence-electron chi connectivity index (χ2n) is 9.82. The molecule has 4 aliphatic carbocycles. The zero-order valence-electron chi connectivity index (χ0n) is 15.8. The van der Waals surface area contributed by atoms with E-state index in [0.717, 1.165) is 58.0 Å². The molecule has 0 N–H and O–H groups in total. The van der Waals surface area contributed by atoms with E-state index >= 15 is 0 Å². The summed E-state index contributed by atoms with van der Waals surface area (Å²) in [4.78, 5) is 24.1. The fraction of sp³-hybridized carbons (Fsp3) is 0.905. The predicted octanol–water partition coefficient (Wildman–Crippen LogP) is 4.04. The topological polar surface area (TPSA) is 52.6 Å². The minimum Gasteiger partial charge on any atom is -0.463 e.